The largest absolute Gasteiger partial charge is 0.478 e. The Morgan fingerprint density at radius 1 is 1.35 bits per heavy atom. The Morgan fingerprint density at radius 3 is 2.65 bits per heavy atom. The van der Waals surface area contributed by atoms with Crippen molar-refractivity contribution in [3.63, 3.8) is 0 Å². The summed E-state index contributed by atoms with van der Waals surface area (Å²) >= 11 is 0. The standard InChI is InChI=1S/C12H14N2O3/c13-11(15)8-5-6-14(7-8)10-4-2-1-3-9(10)12(16)17/h1-4,8H,5-7H2,(H2,13,15)(H,16,17). The number of carboxylic acids is 1. The van der Waals surface area contributed by atoms with Crippen LogP contribution in [0.1, 0.15) is 16.8 Å². The second-order valence-electron chi connectivity index (χ2n) is 4.16. The predicted octanol–water partition coefficient (Wildman–Crippen LogP) is 0.696. The third-order valence-corrected chi connectivity index (χ3v) is 3.07. The SMILES string of the molecule is NC(=O)C1CCN(c2ccccc2C(=O)O)C1. The van der Waals surface area contributed by atoms with Gasteiger partial charge in [0.1, 0.15) is 0 Å². The van der Waals surface area contributed by atoms with Crippen molar-refractivity contribution in [2.75, 3.05) is 18.0 Å². The van der Waals surface area contributed by atoms with E-state index in [0.717, 1.165) is 0 Å². The van der Waals surface area contributed by atoms with Crippen molar-refractivity contribution in [1.82, 2.24) is 0 Å². The van der Waals surface area contributed by atoms with Gasteiger partial charge in [0.2, 0.25) is 5.91 Å². The van der Waals surface area contributed by atoms with Gasteiger partial charge in [-0.3, -0.25) is 4.79 Å². The van der Waals surface area contributed by atoms with Crippen LogP contribution in [-0.2, 0) is 4.79 Å². The molecule has 0 aliphatic carbocycles. The smallest absolute Gasteiger partial charge is 0.337 e. The van der Waals surface area contributed by atoms with Crippen molar-refractivity contribution in [2.45, 2.75) is 6.42 Å². The minimum absolute atomic E-state index is 0.183. The summed E-state index contributed by atoms with van der Waals surface area (Å²) < 4.78 is 0. The Morgan fingerprint density at radius 2 is 2.06 bits per heavy atom. The molecule has 1 saturated heterocycles. The molecule has 1 atom stereocenters. The summed E-state index contributed by atoms with van der Waals surface area (Å²) in [5.74, 6) is -1.46. The number of aromatic carboxylic acids is 1. The third kappa shape index (κ3) is 2.22. The number of anilines is 1. The number of hydrogen-bond donors (Lipinski definition) is 2. The first-order valence-electron chi connectivity index (χ1n) is 5.46. The van der Waals surface area contributed by atoms with Crippen molar-refractivity contribution in [3.05, 3.63) is 29.8 Å². The lowest BCUT2D eigenvalue weighted by atomic mass is 10.1. The molecule has 1 aliphatic rings. The van der Waals surface area contributed by atoms with Gasteiger partial charge in [-0.05, 0) is 18.6 Å². The van der Waals surface area contributed by atoms with Crippen LogP contribution in [0.3, 0.4) is 0 Å². The number of amides is 1. The molecule has 17 heavy (non-hydrogen) atoms. The summed E-state index contributed by atoms with van der Waals surface area (Å²) in [5.41, 5.74) is 6.17. The van der Waals surface area contributed by atoms with E-state index >= 15 is 0 Å². The van der Waals surface area contributed by atoms with Gasteiger partial charge >= 0.3 is 5.97 Å². The first kappa shape index (κ1) is 11.4. The fourth-order valence-electron chi connectivity index (χ4n) is 2.14. The molecule has 90 valence electrons. The number of rotatable bonds is 3. The van der Waals surface area contributed by atoms with Crippen molar-refractivity contribution < 1.29 is 14.7 Å². The molecule has 1 aromatic carbocycles. The molecule has 0 aromatic heterocycles. The van der Waals surface area contributed by atoms with E-state index in [0.29, 0.717) is 25.2 Å². The van der Waals surface area contributed by atoms with Crippen molar-refractivity contribution in [3.8, 4) is 0 Å². The summed E-state index contributed by atoms with van der Waals surface area (Å²) in [4.78, 5) is 24.1. The molecule has 1 aliphatic heterocycles. The van der Waals surface area contributed by atoms with Gasteiger partial charge in [0.05, 0.1) is 17.2 Å². The van der Waals surface area contributed by atoms with Gasteiger partial charge < -0.3 is 15.7 Å². The van der Waals surface area contributed by atoms with Gasteiger partial charge in [-0.15, -0.1) is 0 Å². The summed E-state index contributed by atoms with van der Waals surface area (Å²) in [6, 6.07) is 6.80. The number of nitrogens with two attached hydrogens (primary N) is 1. The lowest BCUT2D eigenvalue weighted by Crippen LogP contribution is -2.28. The Bertz CT molecular complexity index is 459. The first-order chi connectivity index (χ1) is 8.09. The van der Waals surface area contributed by atoms with Crippen molar-refractivity contribution in [2.24, 2.45) is 11.7 Å². The van der Waals surface area contributed by atoms with E-state index < -0.39 is 5.97 Å². The van der Waals surface area contributed by atoms with Crippen LogP contribution in [0.25, 0.3) is 0 Å². The maximum atomic E-state index is 11.1. The number of carbonyl (C=O) groups excluding carboxylic acids is 1. The molecule has 0 bridgehead atoms. The fraction of sp³-hybridized carbons (Fsp3) is 0.333. The zero-order valence-corrected chi connectivity index (χ0v) is 9.30. The normalized spacial score (nSPS) is 19.3. The second kappa shape index (κ2) is 4.45. The zero-order valence-electron chi connectivity index (χ0n) is 9.30. The first-order valence-corrected chi connectivity index (χ1v) is 5.46. The summed E-state index contributed by atoms with van der Waals surface area (Å²) in [6.45, 7) is 1.16. The molecule has 0 spiro atoms. The van der Waals surface area contributed by atoms with Crippen LogP contribution >= 0.6 is 0 Å². The molecular formula is C12H14N2O3. The lowest BCUT2D eigenvalue weighted by molar-refractivity contribution is -0.121. The van der Waals surface area contributed by atoms with Gasteiger partial charge in [0, 0.05) is 13.1 Å². The van der Waals surface area contributed by atoms with E-state index in [9.17, 15) is 9.59 Å². The lowest BCUT2D eigenvalue weighted by Gasteiger charge is -2.20. The van der Waals surface area contributed by atoms with E-state index in [4.69, 9.17) is 10.8 Å². The van der Waals surface area contributed by atoms with Crippen LogP contribution in [0, 0.1) is 5.92 Å². The maximum Gasteiger partial charge on any atom is 0.337 e. The molecule has 3 N–H and O–H groups in total. The summed E-state index contributed by atoms with van der Waals surface area (Å²) in [7, 11) is 0. The Kier molecular flexibility index (Phi) is 2.99. The van der Waals surface area contributed by atoms with Crippen LogP contribution in [0.2, 0.25) is 0 Å². The van der Waals surface area contributed by atoms with Crippen LogP contribution in [-0.4, -0.2) is 30.1 Å². The van der Waals surface area contributed by atoms with Crippen molar-refractivity contribution >= 4 is 17.6 Å². The monoisotopic (exact) mass is 234 g/mol. The Balaban J connectivity index is 2.24. The van der Waals surface area contributed by atoms with Gasteiger partial charge in [-0.25, -0.2) is 4.79 Å². The Labute approximate surface area is 98.8 Å². The third-order valence-electron chi connectivity index (χ3n) is 3.07. The van der Waals surface area contributed by atoms with Crippen LogP contribution in [0.4, 0.5) is 5.69 Å². The molecule has 1 aromatic rings. The number of primary amides is 1. The molecular weight excluding hydrogens is 220 g/mol. The topological polar surface area (TPSA) is 83.6 Å². The van der Waals surface area contributed by atoms with Gasteiger partial charge in [-0.2, -0.15) is 0 Å². The highest BCUT2D eigenvalue weighted by atomic mass is 16.4. The van der Waals surface area contributed by atoms with E-state index in [1.54, 1.807) is 24.3 Å². The van der Waals surface area contributed by atoms with Crippen molar-refractivity contribution in [1.29, 1.82) is 0 Å². The quantitative estimate of drug-likeness (QED) is 0.806. The number of para-hydroxylation sites is 1. The van der Waals surface area contributed by atoms with Gasteiger partial charge in [0.15, 0.2) is 0 Å². The molecule has 5 nitrogen and oxygen atoms in total. The number of nitrogens with zero attached hydrogens (tertiary/aromatic N) is 1. The average Bonchev–Trinajstić information content (AvgIpc) is 2.78. The highest BCUT2D eigenvalue weighted by Crippen LogP contribution is 2.26. The number of carbonyl (C=O) groups is 2. The van der Waals surface area contributed by atoms with E-state index in [1.165, 1.54) is 0 Å². The van der Waals surface area contributed by atoms with Crippen LogP contribution in [0.5, 0.6) is 0 Å². The molecule has 5 heteroatoms. The second-order valence-corrected chi connectivity index (χ2v) is 4.16. The predicted molar refractivity (Wildman–Crippen MR) is 62.9 cm³/mol. The molecule has 0 radical (unpaired) electrons. The number of carboxylic acid groups (broad SMARTS) is 1. The molecule has 0 saturated carbocycles. The minimum Gasteiger partial charge on any atom is -0.478 e. The highest BCUT2D eigenvalue weighted by molar-refractivity contribution is 5.94. The Hall–Kier alpha value is -2.04. The highest BCUT2D eigenvalue weighted by Gasteiger charge is 2.28. The zero-order chi connectivity index (χ0) is 12.4. The van der Waals surface area contributed by atoms with E-state index in [-0.39, 0.29) is 17.4 Å². The summed E-state index contributed by atoms with van der Waals surface area (Å²) in [6.07, 6.45) is 0.684. The molecule has 1 fully saturated rings. The summed E-state index contributed by atoms with van der Waals surface area (Å²) in [5, 5.41) is 9.08. The molecule has 1 unspecified atom stereocenters. The maximum absolute atomic E-state index is 11.1. The van der Waals surface area contributed by atoms with Gasteiger partial charge in [0.25, 0.3) is 0 Å². The fourth-order valence-corrected chi connectivity index (χ4v) is 2.14. The average molecular weight is 234 g/mol. The van der Waals surface area contributed by atoms with Crippen LogP contribution < -0.4 is 10.6 Å². The minimum atomic E-state index is -0.955. The van der Waals surface area contributed by atoms with Crippen LogP contribution in [0.15, 0.2) is 24.3 Å². The molecule has 1 amide bonds. The number of hydrogen-bond acceptors (Lipinski definition) is 3. The molecule has 1 heterocycles. The molecule has 2 rings (SSSR count). The van der Waals surface area contributed by atoms with Gasteiger partial charge in [-0.1, -0.05) is 12.1 Å². The van der Waals surface area contributed by atoms with E-state index in [2.05, 4.69) is 0 Å². The number of benzene rings is 1. The van der Waals surface area contributed by atoms with E-state index in [1.807, 2.05) is 4.90 Å².